The summed E-state index contributed by atoms with van der Waals surface area (Å²) in [4.78, 5) is 37.2. The average Bonchev–Trinajstić information content (AvgIpc) is 3.20. The summed E-state index contributed by atoms with van der Waals surface area (Å²) in [5.41, 5.74) is 0.785. The van der Waals surface area contributed by atoms with Crippen molar-refractivity contribution in [2.75, 3.05) is 12.0 Å². The first-order chi connectivity index (χ1) is 11.6. The van der Waals surface area contributed by atoms with E-state index in [1.165, 1.54) is 19.2 Å². The van der Waals surface area contributed by atoms with Gasteiger partial charge in [-0.1, -0.05) is 0 Å². The van der Waals surface area contributed by atoms with Crippen molar-refractivity contribution >= 4 is 23.5 Å². The molecule has 0 radical (unpaired) electrons. The zero-order chi connectivity index (χ0) is 17.1. The van der Waals surface area contributed by atoms with Crippen LogP contribution in [0.5, 0.6) is 0 Å². The molecule has 1 aliphatic rings. The van der Waals surface area contributed by atoms with Crippen LogP contribution < -0.4 is 10.2 Å². The minimum absolute atomic E-state index is 0.0816. The number of nitrogens with one attached hydrogen (secondary N) is 1. The zero-order valence-electron chi connectivity index (χ0n) is 13.0. The van der Waals surface area contributed by atoms with Crippen LogP contribution in [0.25, 0.3) is 0 Å². The van der Waals surface area contributed by atoms with Crippen LogP contribution in [-0.2, 0) is 20.9 Å². The third kappa shape index (κ3) is 3.07. The molecule has 1 fully saturated rings. The van der Waals surface area contributed by atoms with Crippen molar-refractivity contribution in [3.63, 3.8) is 0 Å². The number of methoxy groups -OCH3 is 1. The van der Waals surface area contributed by atoms with Crippen molar-refractivity contribution in [2.24, 2.45) is 0 Å². The van der Waals surface area contributed by atoms with Crippen LogP contribution >= 0.6 is 0 Å². The quantitative estimate of drug-likeness (QED) is 0.661. The number of carbonyl (C=O) groups excluding carboxylic acids is 3. The van der Waals surface area contributed by atoms with E-state index in [4.69, 9.17) is 4.42 Å². The molecule has 1 atom stereocenters. The van der Waals surface area contributed by atoms with Gasteiger partial charge in [0.2, 0.25) is 5.91 Å². The van der Waals surface area contributed by atoms with E-state index in [1.54, 1.807) is 30.5 Å². The molecular weight excluding hydrogens is 312 g/mol. The second-order valence-electron chi connectivity index (χ2n) is 5.32. The van der Waals surface area contributed by atoms with Gasteiger partial charge in [-0.15, -0.1) is 0 Å². The number of ether oxygens (including phenoxy) is 1. The lowest BCUT2D eigenvalue weighted by molar-refractivity contribution is -0.121. The summed E-state index contributed by atoms with van der Waals surface area (Å²) in [6, 6.07) is 9.10. The van der Waals surface area contributed by atoms with Gasteiger partial charge in [-0.3, -0.25) is 14.9 Å². The fourth-order valence-corrected chi connectivity index (χ4v) is 2.56. The Morgan fingerprint density at radius 1 is 1.29 bits per heavy atom. The smallest absolute Gasteiger partial charge is 0.337 e. The van der Waals surface area contributed by atoms with Gasteiger partial charge in [0.05, 0.1) is 43.6 Å². The molecule has 1 aromatic carbocycles. The van der Waals surface area contributed by atoms with E-state index in [0.717, 1.165) is 4.90 Å². The Bertz CT molecular complexity index is 752. The summed E-state index contributed by atoms with van der Waals surface area (Å²) >= 11 is 0. The number of nitrogens with zero attached hydrogens (tertiary/aromatic N) is 1. The SMILES string of the molecule is COC(=O)c1ccc(N2C(=O)C[C@H](NCc3ccco3)C2=O)cc1. The number of imide groups is 1. The topological polar surface area (TPSA) is 88.8 Å². The molecule has 2 heterocycles. The lowest BCUT2D eigenvalue weighted by Crippen LogP contribution is -2.38. The minimum Gasteiger partial charge on any atom is -0.468 e. The molecule has 24 heavy (non-hydrogen) atoms. The Morgan fingerprint density at radius 2 is 2.04 bits per heavy atom. The van der Waals surface area contributed by atoms with Gasteiger partial charge in [-0.2, -0.15) is 0 Å². The Kier molecular flexibility index (Phi) is 4.43. The number of furan rings is 1. The summed E-state index contributed by atoms with van der Waals surface area (Å²) in [7, 11) is 1.29. The number of carbonyl (C=O) groups is 3. The van der Waals surface area contributed by atoms with Crippen molar-refractivity contribution in [1.82, 2.24) is 5.32 Å². The van der Waals surface area contributed by atoms with E-state index in [1.807, 2.05) is 0 Å². The van der Waals surface area contributed by atoms with Gasteiger partial charge in [-0.25, -0.2) is 9.69 Å². The molecule has 2 amide bonds. The Balaban J connectivity index is 1.70. The molecule has 0 bridgehead atoms. The van der Waals surface area contributed by atoms with Crippen molar-refractivity contribution in [1.29, 1.82) is 0 Å². The van der Waals surface area contributed by atoms with E-state index in [9.17, 15) is 14.4 Å². The van der Waals surface area contributed by atoms with Gasteiger partial charge >= 0.3 is 5.97 Å². The van der Waals surface area contributed by atoms with Gasteiger partial charge < -0.3 is 9.15 Å². The molecule has 1 aliphatic heterocycles. The molecule has 1 aromatic heterocycles. The summed E-state index contributed by atoms with van der Waals surface area (Å²) in [6.45, 7) is 0.367. The predicted molar refractivity (Wildman–Crippen MR) is 84.2 cm³/mol. The Hall–Kier alpha value is -2.93. The van der Waals surface area contributed by atoms with Gasteiger partial charge in [0.15, 0.2) is 0 Å². The molecule has 7 nitrogen and oxygen atoms in total. The lowest BCUT2D eigenvalue weighted by Gasteiger charge is -2.15. The second-order valence-corrected chi connectivity index (χ2v) is 5.32. The highest BCUT2D eigenvalue weighted by atomic mass is 16.5. The fourth-order valence-electron chi connectivity index (χ4n) is 2.56. The molecule has 124 valence electrons. The van der Waals surface area contributed by atoms with E-state index < -0.39 is 12.0 Å². The van der Waals surface area contributed by atoms with Crippen LogP contribution in [0, 0.1) is 0 Å². The molecule has 1 N–H and O–H groups in total. The first-order valence-electron chi connectivity index (χ1n) is 7.41. The fraction of sp³-hybridized carbons (Fsp3) is 0.235. The summed E-state index contributed by atoms with van der Waals surface area (Å²) in [5, 5.41) is 3.02. The minimum atomic E-state index is -0.595. The van der Waals surface area contributed by atoms with Crippen LogP contribution in [0.15, 0.2) is 47.1 Å². The highest BCUT2D eigenvalue weighted by Gasteiger charge is 2.39. The number of anilines is 1. The first kappa shape index (κ1) is 15.9. The van der Waals surface area contributed by atoms with E-state index in [-0.39, 0.29) is 18.2 Å². The lowest BCUT2D eigenvalue weighted by atomic mass is 10.2. The highest BCUT2D eigenvalue weighted by molar-refractivity contribution is 6.22. The van der Waals surface area contributed by atoms with Gasteiger partial charge in [0.1, 0.15) is 5.76 Å². The van der Waals surface area contributed by atoms with Crippen LogP contribution in [0.4, 0.5) is 5.69 Å². The van der Waals surface area contributed by atoms with Crippen molar-refractivity contribution in [3.05, 3.63) is 54.0 Å². The average molecular weight is 328 g/mol. The molecule has 0 aliphatic carbocycles. The third-order valence-electron chi connectivity index (χ3n) is 3.80. The molecule has 0 spiro atoms. The summed E-state index contributed by atoms with van der Waals surface area (Å²) in [5.74, 6) is -0.394. The molecular formula is C17H16N2O5. The highest BCUT2D eigenvalue weighted by Crippen LogP contribution is 2.23. The van der Waals surface area contributed by atoms with Crippen LogP contribution in [0.1, 0.15) is 22.5 Å². The van der Waals surface area contributed by atoms with Gasteiger partial charge in [0, 0.05) is 0 Å². The van der Waals surface area contributed by atoms with E-state index >= 15 is 0 Å². The molecule has 7 heteroatoms. The van der Waals surface area contributed by atoms with Crippen LogP contribution in [-0.4, -0.2) is 30.9 Å². The van der Waals surface area contributed by atoms with Crippen molar-refractivity contribution in [2.45, 2.75) is 19.0 Å². The molecule has 1 saturated heterocycles. The number of esters is 1. The second kappa shape index (κ2) is 6.67. The number of rotatable bonds is 5. The molecule has 3 rings (SSSR count). The van der Waals surface area contributed by atoms with Crippen molar-refractivity contribution in [3.8, 4) is 0 Å². The third-order valence-corrected chi connectivity index (χ3v) is 3.80. The normalized spacial score (nSPS) is 17.4. The van der Waals surface area contributed by atoms with E-state index in [2.05, 4.69) is 10.1 Å². The Morgan fingerprint density at radius 3 is 2.67 bits per heavy atom. The van der Waals surface area contributed by atoms with E-state index in [0.29, 0.717) is 23.6 Å². The number of benzene rings is 1. The molecule has 0 saturated carbocycles. The zero-order valence-corrected chi connectivity index (χ0v) is 13.0. The maximum absolute atomic E-state index is 12.5. The summed E-state index contributed by atoms with van der Waals surface area (Å²) < 4.78 is 9.82. The largest absolute Gasteiger partial charge is 0.468 e. The number of hydrogen-bond acceptors (Lipinski definition) is 6. The van der Waals surface area contributed by atoms with Gasteiger partial charge in [0.25, 0.3) is 5.91 Å². The summed E-state index contributed by atoms with van der Waals surface area (Å²) in [6.07, 6.45) is 1.63. The van der Waals surface area contributed by atoms with Gasteiger partial charge in [-0.05, 0) is 36.4 Å². The van der Waals surface area contributed by atoms with Crippen molar-refractivity contribution < 1.29 is 23.5 Å². The monoisotopic (exact) mass is 328 g/mol. The van der Waals surface area contributed by atoms with Crippen LogP contribution in [0.3, 0.4) is 0 Å². The number of amides is 2. The van der Waals surface area contributed by atoms with Crippen LogP contribution in [0.2, 0.25) is 0 Å². The maximum Gasteiger partial charge on any atom is 0.337 e. The first-order valence-corrected chi connectivity index (χ1v) is 7.41. The number of hydrogen-bond donors (Lipinski definition) is 1. The predicted octanol–water partition coefficient (Wildman–Crippen LogP) is 1.49. The maximum atomic E-state index is 12.5. The molecule has 2 aromatic rings. The standard InChI is InChI=1S/C17H16N2O5/c1-23-17(22)11-4-6-12(7-5-11)19-15(20)9-14(16(19)21)18-10-13-3-2-8-24-13/h2-8,14,18H,9-10H2,1H3/t14-/m0/s1. The molecule has 0 unspecified atom stereocenters. The Labute approximate surface area is 138 Å².